The maximum atomic E-state index is 12.9. The van der Waals surface area contributed by atoms with Gasteiger partial charge in [0.1, 0.15) is 11.5 Å². The van der Waals surface area contributed by atoms with E-state index in [2.05, 4.69) is 15.3 Å². The summed E-state index contributed by atoms with van der Waals surface area (Å²) < 4.78 is 51.7. The standard InChI is InChI=1S/C18H19F4N5O/c1-12-10-15(18(20,21)22)25-17(23-12)27-8-6-26(7-9-27)11-16(28)24-14-4-2-13(19)3-5-14/h2-5,10H,6-9,11H2,1H3,(H,24,28). The van der Waals surface area contributed by atoms with Gasteiger partial charge in [0.15, 0.2) is 0 Å². The molecule has 3 rings (SSSR count). The highest BCUT2D eigenvalue weighted by atomic mass is 19.4. The molecule has 1 amide bonds. The SMILES string of the molecule is Cc1cc(C(F)(F)F)nc(N2CCN(CC(=O)Nc3ccc(F)cc3)CC2)n1. The average Bonchev–Trinajstić information content (AvgIpc) is 2.63. The van der Waals surface area contributed by atoms with Gasteiger partial charge in [0.2, 0.25) is 11.9 Å². The second-order valence-corrected chi connectivity index (χ2v) is 6.51. The van der Waals surface area contributed by atoms with Crippen LogP contribution in [0.2, 0.25) is 0 Å². The molecule has 2 aromatic rings. The molecule has 0 aliphatic carbocycles. The minimum atomic E-state index is -4.53. The van der Waals surface area contributed by atoms with Crippen LogP contribution >= 0.6 is 0 Å². The zero-order chi connectivity index (χ0) is 20.3. The largest absolute Gasteiger partial charge is 0.433 e. The Kier molecular flexibility index (Phi) is 5.78. The lowest BCUT2D eigenvalue weighted by molar-refractivity contribution is -0.141. The van der Waals surface area contributed by atoms with Crippen LogP contribution in [0.15, 0.2) is 30.3 Å². The first-order valence-corrected chi connectivity index (χ1v) is 8.66. The van der Waals surface area contributed by atoms with Crippen molar-refractivity contribution in [2.45, 2.75) is 13.1 Å². The third-order valence-electron chi connectivity index (χ3n) is 4.28. The first kappa shape index (κ1) is 20.0. The van der Waals surface area contributed by atoms with Gasteiger partial charge in [0, 0.05) is 37.6 Å². The van der Waals surface area contributed by atoms with E-state index in [1.54, 1.807) is 4.90 Å². The van der Waals surface area contributed by atoms with Gasteiger partial charge in [-0.25, -0.2) is 14.4 Å². The summed E-state index contributed by atoms with van der Waals surface area (Å²) in [6.07, 6.45) is -4.53. The van der Waals surface area contributed by atoms with E-state index < -0.39 is 11.9 Å². The molecule has 0 atom stereocenters. The Balaban J connectivity index is 1.55. The highest BCUT2D eigenvalue weighted by molar-refractivity contribution is 5.92. The third kappa shape index (κ3) is 5.16. The molecule has 1 aliphatic heterocycles. The van der Waals surface area contributed by atoms with Crippen molar-refractivity contribution in [2.24, 2.45) is 0 Å². The van der Waals surface area contributed by atoms with E-state index in [0.717, 1.165) is 6.07 Å². The molecule has 28 heavy (non-hydrogen) atoms. The summed E-state index contributed by atoms with van der Waals surface area (Å²) >= 11 is 0. The van der Waals surface area contributed by atoms with E-state index in [-0.39, 0.29) is 29.9 Å². The van der Waals surface area contributed by atoms with Crippen molar-refractivity contribution in [3.05, 3.63) is 47.5 Å². The van der Waals surface area contributed by atoms with Gasteiger partial charge in [-0.15, -0.1) is 0 Å². The average molecular weight is 397 g/mol. The predicted molar refractivity (Wildman–Crippen MR) is 95.5 cm³/mol. The number of hydrogen-bond donors (Lipinski definition) is 1. The number of amides is 1. The van der Waals surface area contributed by atoms with Crippen molar-refractivity contribution in [1.29, 1.82) is 0 Å². The van der Waals surface area contributed by atoms with Crippen molar-refractivity contribution in [2.75, 3.05) is 42.9 Å². The van der Waals surface area contributed by atoms with Crippen molar-refractivity contribution in [1.82, 2.24) is 14.9 Å². The fourth-order valence-corrected chi connectivity index (χ4v) is 2.88. The van der Waals surface area contributed by atoms with Crippen LogP contribution in [0.25, 0.3) is 0 Å². The molecule has 10 heteroatoms. The molecule has 1 saturated heterocycles. The lowest BCUT2D eigenvalue weighted by Gasteiger charge is -2.34. The van der Waals surface area contributed by atoms with Gasteiger partial charge in [-0.2, -0.15) is 13.2 Å². The maximum absolute atomic E-state index is 12.9. The van der Waals surface area contributed by atoms with E-state index in [1.165, 1.54) is 31.2 Å². The van der Waals surface area contributed by atoms with Gasteiger partial charge in [-0.1, -0.05) is 0 Å². The monoisotopic (exact) mass is 397 g/mol. The fraction of sp³-hybridized carbons (Fsp3) is 0.389. The van der Waals surface area contributed by atoms with Crippen LogP contribution in [0.1, 0.15) is 11.4 Å². The van der Waals surface area contributed by atoms with Crippen molar-refractivity contribution in [3.8, 4) is 0 Å². The van der Waals surface area contributed by atoms with E-state index in [9.17, 15) is 22.4 Å². The van der Waals surface area contributed by atoms with Crippen LogP contribution in [-0.2, 0) is 11.0 Å². The third-order valence-corrected chi connectivity index (χ3v) is 4.28. The Labute approximate surface area is 159 Å². The number of carbonyl (C=O) groups is 1. The van der Waals surface area contributed by atoms with E-state index >= 15 is 0 Å². The Morgan fingerprint density at radius 2 is 1.75 bits per heavy atom. The van der Waals surface area contributed by atoms with E-state index in [1.807, 2.05) is 4.90 Å². The minimum Gasteiger partial charge on any atom is -0.338 e. The maximum Gasteiger partial charge on any atom is 0.433 e. The number of nitrogens with zero attached hydrogens (tertiary/aromatic N) is 4. The molecular formula is C18H19F4N5O. The van der Waals surface area contributed by atoms with E-state index in [0.29, 0.717) is 31.9 Å². The number of anilines is 2. The van der Waals surface area contributed by atoms with Gasteiger partial charge >= 0.3 is 6.18 Å². The summed E-state index contributed by atoms with van der Waals surface area (Å²) in [7, 11) is 0. The first-order chi connectivity index (χ1) is 13.2. The quantitative estimate of drug-likeness (QED) is 0.804. The number of rotatable bonds is 4. The minimum absolute atomic E-state index is 0.0442. The summed E-state index contributed by atoms with van der Waals surface area (Å²) in [5.41, 5.74) is -0.215. The number of nitrogens with one attached hydrogen (secondary N) is 1. The van der Waals surface area contributed by atoms with Gasteiger partial charge in [0.05, 0.1) is 6.54 Å². The molecular weight excluding hydrogens is 378 g/mol. The summed E-state index contributed by atoms with van der Waals surface area (Å²) in [6.45, 7) is 3.41. The Morgan fingerprint density at radius 3 is 2.36 bits per heavy atom. The summed E-state index contributed by atoms with van der Waals surface area (Å²) in [4.78, 5) is 23.4. The molecule has 150 valence electrons. The highest BCUT2D eigenvalue weighted by Gasteiger charge is 2.34. The Morgan fingerprint density at radius 1 is 1.11 bits per heavy atom. The number of piperazine rings is 1. The predicted octanol–water partition coefficient (Wildman–Crippen LogP) is 2.70. The molecule has 0 radical (unpaired) electrons. The topological polar surface area (TPSA) is 61.4 Å². The van der Waals surface area contributed by atoms with Crippen molar-refractivity contribution >= 4 is 17.5 Å². The highest BCUT2D eigenvalue weighted by Crippen LogP contribution is 2.29. The molecule has 1 aromatic heterocycles. The van der Waals surface area contributed by atoms with Crippen LogP contribution < -0.4 is 10.2 Å². The summed E-state index contributed by atoms with van der Waals surface area (Å²) in [5, 5.41) is 2.68. The van der Waals surface area contributed by atoms with Crippen LogP contribution in [0.5, 0.6) is 0 Å². The summed E-state index contributed by atoms with van der Waals surface area (Å²) in [5.74, 6) is -0.588. The second kappa shape index (κ2) is 8.09. The van der Waals surface area contributed by atoms with Crippen LogP contribution in [-0.4, -0.2) is 53.5 Å². The lowest BCUT2D eigenvalue weighted by atomic mass is 10.3. The second-order valence-electron chi connectivity index (χ2n) is 6.51. The smallest absolute Gasteiger partial charge is 0.338 e. The number of hydrogen-bond acceptors (Lipinski definition) is 5. The van der Waals surface area contributed by atoms with Crippen LogP contribution in [0.4, 0.5) is 29.2 Å². The number of alkyl halides is 3. The molecule has 2 heterocycles. The van der Waals surface area contributed by atoms with E-state index in [4.69, 9.17) is 0 Å². The van der Waals surface area contributed by atoms with Crippen LogP contribution in [0.3, 0.4) is 0 Å². The Hall–Kier alpha value is -2.75. The first-order valence-electron chi connectivity index (χ1n) is 8.66. The summed E-state index contributed by atoms with van der Waals surface area (Å²) in [6, 6.07) is 6.37. The molecule has 0 bridgehead atoms. The Bertz CT molecular complexity index is 833. The van der Waals surface area contributed by atoms with Crippen molar-refractivity contribution < 1.29 is 22.4 Å². The number of carbonyl (C=O) groups excluding carboxylic acids is 1. The number of aromatic nitrogens is 2. The molecule has 6 nitrogen and oxygen atoms in total. The molecule has 1 fully saturated rings. The molecule has 1 N–H and O–H groups in total. The molecule has 1 aliphatic rings. The fourth-order valence-electron chi connectivity index (χ4n) is 2.88. The lowest BCUT2D eigenvalue weighted by Crippen LogP contribution is -2.49. The van der Waals surface area contributed by atoms with Crippen molar-refractivity contribution in [3.63, 3.8) is 0 Å². The zero-order valence-corrected chi connectivity index (χ0v) is 15.1. The van der Waals surface area contributed by atoms with Gasteiger partial charge < -0.3 is 10.2 Å². The number of aryl methyl sites for hydroxylation is 1. The van der Waals surface area contributed by atoms with Gasteiger partial charge in [-0.05, 0) is 37.3 Å². The molecule has 1 aromatic carbocycles. The normalized spacial score (nSPS) is 15.5. The molecule has 0 saturated carbocycles. The molecule has 0 spiro atoms. The number of benzene rings is 1. The molecule has 0 unspecified atom stereocenters. The number of halogens is 4. The van der Waals surface area contributed by atoms with Gasteiger partial charge in [-0.3, -0.25) is 9.69 Å². The van der Waals surface area contributed by atoms with Gasteiger partial charge in [0.25, 0.3) is 0 Å². The zero-order valence-electron chi connectivity index (χ0n) is 15.1. The van der Waals surface area contributed by atoms with Crippen LogP contribution in [0, 0.1) is 12.7 Å².